The molecule has 2 rings (SSSR count). The zero-order valence-corrected chi connectivity index (χ0v) is 8.03. The van der Waals surface area contributed by atoms with E-state index in [0.29, 0.717) is 5.69 Å². The fraction of sp³-hybridized carbons (Fsp3) is 0.100. The third-order valence-electron chi connectivity index (χ3n) is 1.82. The minimum absolute atomic E-state index is 0.271. The van der Waals surface area contributed by atoms with Crippen LogP contribution in [0.4, 0.5) is 16.0 Å². The Morgan fingerprint density at radius 3 is 2.93 bits per heavy atom. The van der Waals surface area contributed by atoms with Crippen LogP contribution in [0.3, 0.4) is 0 Å². The smallest absolute Gasteiger partial charge is 0.230 e. The summed E-state index contributed by atoms with van der Waals surface area (Å²) >= 11 is 0. The van der Waals surface area contributed by atoms with Crippen LogP contribution in [0.5, 0.6) is 0 Å². The number of anilines is 2. The Morgan fingerprint density at radius 2 is 2.27 bits per heavy atom. The maximum atomic E-state index is 13.4. The monoisotopic (exact) mass is 203 g/mol. The molecular formula is C10H8FN4. The maximum Gasteiger partial charge on any atom is 0.230 e. The number of nitrogens with zero attached hydrogens (tertiary/aromatic N) is 3. The van der Waals surface area contributed by atoms with Gasteiger partial charge < -0.3 is 5.32 Å². The molecule has 75 valence electrons. The van der Waals surface area contributed by atoms with Crippen molar-refractivity contribution in [1.82, 2.24) is 15.0 Å². The SMILES string of the molecule is Cc1ccc(Nc2n[c]ncn2)c(F)c1. The zero-order chi connectivity index (χ0) is 10.7. The van der Waals surface area contributed by atoms with Crippen LogP contribution in [0, 0.1) is 19.1 Å². The van der Waals surface area contributed by atoms with Crippen molar-refractivity contribution in [2.75, 3.05) is 5.32 Å². The minimum Gasteiger partial charge on any atom is -0.322 e. The molecule has 0 unspecified atom stereocenters. The van der Waals surface area contributed by atoms with Gasteiger partial charge in [-0.05, 0) is 24.6 Å². The summed E-state index contributed by atoms with van der Waals surface area (Å²) in [4.78, 5) is 11.1. The second-order valence-corrected chi connectivity index (χ2v) is 3.02. The third-order valence-corrected chi connectivity index (χ3v) is 1.82. The van der Waals surface area contributed by atoms with Crippen LogP contribution in [-0.4, -0.2) is 15.0 Å². The van der Waals surface area contributed by atoms with Crippen LogP contribution < -0.4 is 5.32 Å². The fourth-order valence-electron chi connectivity index (χ4n) is 1.12. The van der Waals surface area contributed by atoms with E-state index in [2.05, 4.69) is 26.6 Å². The molecule has 0 saturated carbocycles. The molecule has 0 spiro atoms. The number of hydrogen-bond acceptors (Lipinski definition) is 4. The molecule has 1 aromatic heterocycles. The van der Waals surface area contributed by atoms with Crippen molar-refractivity contribution in [2.45, 2.75) is 6.92 Å². The van der Waals surface area contributed by atoms with E-state index in [-0.39, 0.29) is 11.8 Å². The van der Waals surface area contributed by atoms with E-state index < -0.39 is 0 Å². The van der Waals surface area contributed by atoms with Crippen LogP contribution in [0.15, 0.2) is 24.5 Å². The number of aryl methyl sites for hydroxylation is 1. The molecule has 5 heteroatoms. The summed E-state index contributed by atoms with van der Waals surface area (Å²) in [5.74, 6) is -0.0665. The van der Waals surface area contributed by atoms with Gasteiger partial charge in [-0.2, -0.15) is 4.98 Å². The van der Waals surface area contributed by atoms with Crippen molar-refractivity contribution in [3.63, 3.8) is 0 Å². The lowest BCUT2D eigenvalue weighted by Crippen LogP contribution is -1.99. The average molecular weight is 203 g/mol. The molecule has 15 heavy (non-hydrogen) atoms. The van der Waals surface area contributed by atoms with E-state index >= 15 is 0 Å². The summed E-state index contributed by atoms with van der Waals surface area (Å²) in [6, 6.07) is 4.87. The Morgan fingerprint density at radius 1 is 1.40 bits per heavy atom. The second-order valence-electron chi connectivity index (χ2n) is 3.02. The lowest BCUT2D eigenvalue weighted by atomic mass is 10.2. The molecule has 0 bridgehead atoms. The predicted octanol–water partition coefficient (Wildman–Crippen LogP) is 1.86. The van der Waals surface area contributed by atoms with Crippen molar-refractivity contribution >= 4 is 11.6 Å². The highest BCUT2D eigenvalue weighted by molar-refractivity contribution is 5.54. The molecular weight excluding hydrogens is 195 g/mol. The Labute approximate surface area is 86.2 Å². The van der Waals surface area contributed by atoms with Crippen LogP contribution in [-0.2, 0) is 0 Å². The first-order valence-electron chi connectivity index (χ1n) is 4.34. The second kappa shape index (κ2) is 4.00. The normalized spacial score (nSPS) is 10.0. The van der Waals surface area contributed by atoms with Crippen LogP contribution >= 0.6 is 0 Å². The first-order chi connectivity index (χ1) is 7.25. The molecule has 1 heterocycles. The Hall–Kier alpha value is -2.04. The van der Waals surface area contributed by atoms with Crippen LogP contribution in [0.2, 0.25) is 0 Å². The Bertz CT molecular complexity index is 458. The van der Waals surface area contributed by atoms with E-state index in [1.165, 1.54) is 12.4 Å². The quantitative estimate of drug-likeness (QED) is 0.809. The highest BCUT2D eigenvalue weighted by Crippen LogP contribution is 2.17. The number of rotatable bonds is 2. The Balaban J connectivity index is 2.25. The molecule has 1 radical (unpaired) electrons. The predicted molar refractivity (Wildman–Crippen MR) is 53.1 cm³/mol. The Kier molecular flexibility index (Phi) is 2.53. The van der Waals surface area contributed by atoms with Crippen molar-refractivity contribution in [3.8, 4) is 0 Å². The number of benzene rings is 1. The highest BCUT2D eigenvalue weighted by Gasteiger charge is 2.03. The van der Waals surface area contributed by atoms with Gasteiger partial charge in [-0.25, -0.2) is 14.4 Å². The topological polar surface area (TPSA) is 50.7 Å². The first-order valence-corrected chi connectivity index (χ1v) is 4.34. The standard InChI is InChI=1S/C10H8FN4/c1-7-2-3-9(8(11)4-7)15-10-13-5-12-6-14-10/h2-5H,1H3,(H,12,13,14,15). The van der Waals surface area contributed by atoms with E-state index in [1.807, 2.05) is 6.92 Å². The molecule has 1 N–H and O–H groups in total. The van der Waals surface area contributed by atoms with Gasteiger partial charge in [0.05, 0.1) is 5.69 Å². The summed E-state index contributed by atoms with van der Waals surface area (Å²) < 4.78 is 13.4. The van der Waals surface area contributed by atoms with E-state index in [9.17, 15) is 4.39 Å². The van der Waals surface area contributed by atoms with Gasteiger partial charge in [0.2, 0.25) is 12.3 Å². The van der Waals surface area contributed by atoms with Crippen molar-refractivity contribution in [1.29, 1.82) is 0 Å². The molecule has 0 amide bonds. The van der Waals surface area contributed by atoms with E-state index in [0.717, 1.165) is 5.56 Å². The van der Waals surface area contributed by atoms with Crippen LogP contribution in [0.1, 0.15) is 5.56 Å². The summed E-state index contributed by atoms with van der Waals surface area (Å²) in [7, 11) is 0. The summed E-state index contributed by atoms with van der Waals surface area (Å²) in [5, 5.41) is 2.73. The van der Waals surface area contributed by atoms with Gasteiger partial charge in [0.25, 0.3) is 0 Å². The van der Waals surface area contributed by atoms with Gasteiger partial charge >= 0.3 is 0 Å². The van der Waals surface area contributed by atoms with Gasteiger partial charge in [0.15, 0.2) is 0 Å². The van der Waals surface area contributed by atoms with Gasteiger partial charge in [-0.15, -0.1) is 0 Å². The maximum absolute atomic E-state index is 13.4. The van der Waals surface area contributed by atoms with Gasteiger partial charge in [-0.1, -0.05) is 6.07 Å². The average Bonchev–Trinajstić information content (AvgIpc) is 2.24. The molecule has 0 aliphatic heterocycles. The third kappa shape index (κ3) is 2.25. The largest absolute Gasteiger partial charge is 0.322 e. The molecule has 0 aliphatic carbocycles. The number of hydrogen-bond donors (Lipinski definition) is 1. The molecule has 0 atom stereocenters. The molecule has 0 fully saturated rings. The minimum atomic E-state index is -0.338. The lowest BCUT2D eigenvalue weighted by molar-refractivity contribution is 0.630. The molecule has 0 aliphatic rings. The fourth-order valence-corrected chi connectivity index (χ4v) is 1.12. The van der Waals surface area contributed by atoms with Gasteiger partial charge in [0, 0.05) is 0 Å². The molecule has 0 saturated heterocycles. The van der Waals surface area contributed by atoms with Crippen LogP contribution in [0.25, 0.3) is 0 Å². The summed E-state index contributed by atoms with van der Waals surface area (Å²) in [6.07, 6.45) is 3.66. The van der Waals surface area contributed by atoms with Gasteiger partial charge in [0.1, 0.15) is 12.1 Å². The number of halogens is 1. The zero-order valence-electron chi connectivity index (χ0n) is 8.03. The lowest BCUT2D eigenvalue weighted by Gasteiger charge is -2.05. The van der Waals surface area contributed by atoms with E-state index in [1.54, 1.807) is 12.1 Å². The first kappa shape index (κ1) is 9.51. The summed E-state index contributed by atoms with van der Waals surface area (Å²) in [6.45, 7) is 1.82. The van der Waals surface area contributed by atoms with Gasteiger partial charge in [-0.3, -0.25) is 0 Å². The van der Waals surface area contributed by atoms with E-state index in [4.69, 9.17) is 0 Å². The van der Waals surface area contributed by atoms with Crippen molar-refractivity contribution in [3.05, 3.63) is 42.2 Å². The summed E-state index contributed by atoms with van der Waals surface area (Å²) in [5.41, 5.74) is 1.19. The highest BCUT2D eigenvalue weighted by atomic mass is 19.1. The molecule has 1 aromatic carbocycles. The molecule has 4 nitrogen and oxygen atoms in total. The number of nitrogens with one attached hydrogen (secondary N) is 1. The van der Waals surface area contributed by atoms with Crippen molar-refractivity contribution < 1.29 is 4.39 Å². The number of aromatic nitrogens is 3. The van der Waals surface area contributed by atoms with Crippen molar-refractivity contribution in [2.24, 2.45) is 0 Å². The molecule has 2 aromatic rings.